The second-order valence-electron chi connectivity index (χ2n) is 5.68. The molecule has 0 amide bonds. The molecule has 0 aliphatic carbocycles. The highest BCUT2D eigenvalue weighted by atomic mass is 32.1. The van der Waals surface area contributed by atoms with Crippen LogP contribution in [0.15, 0.2) is 64.0 Å². The fourth-order valence-corrected chi connectivity index (χ4v) is 3.43. The van der Waals surface area contributed by atoms with Gasteiger partial charge in [-0.1, -0.05) is 47.7 Å². The second kappa shape index (κ2) is 6.16. The summed E-state index contributed by atoms with van der Waals surface area (Å²) in [5.41, 5.74) is 2.26. The lowest BCUT2D eigenvalue weighted by atomic mass is 10.0. The van der Waals surface area contributed by atoms with Gasteiger partial charge in [0.2, 0.25) is 5.88 Å². The van der Waals surface area contributed by atoms with Crippen LogP contribution in [-0.2, 0) is 0 Å². The summed E-state index contributed by atoms with van der Waals surface area (Å²) in [5.74, 6) is -0.151. The van der Waals surface area contributed by atoms with E-state index < -0.39 is 6.10 Å². The van der Waals surface area contributed by atoms with Gasteiger partial charge in [0.25, 0.3) is 0 Å². The van der Waals surface area contributed by atoms with Gasteiger partial charge in [0, 0.05) is 5.22 Å². The zero-order chi connectivity index (χ0) is 17.4. The first kappa shape index (κ1) is 15.6. The molecule has 1 aliphatic rings. The molecule has 6 heteroatoms. The largest absolute Gasteiger partial charge is 0.493 e. The molecule has 0 fully saturated rings. The van der Waals surface area contributed by atoms with Crippen molar-refractivity contribution in [3.8, 4) is 5.88 Å². The molecule has 2 heterocycles. The molecular weight excluding hydrogens is 336 g/mol. The summed E-state index contributed by atoms with van der Waals surface area (Å²) in [6.45, 7) is 0. The predicted octanol–water partition coefficient (Wildman–Crippen LogP) is 1.68. The van der Waals surface area contributed by atoms with Crippen LogP contribution in [0.2, 0.25) is 0 Å². The lowest BCUT2D eigenvalue weighted by Gasteiger charge is -2.10. The first-order chi connectivity index (χ1) is 12.1. The Morgan fingerprint density at radius 2 is 1.92 bits per heavy atom. The maximum absolute atomic E-state index is 11.3. The highest BCUT2D eigenvalue weighted by Gasteiger charge is 2.12. The normalized spacial score (nSPS) is 15.5. The van der Waals surface area contributed by atoms with Crippen LogP contribution in [0.3, 0.4) is 0 Å². The minimum Gasteiger partial charge on any atom is -0.493 e. The lowest BCUT2D eigenvalue weighted by molar-refractivity contribution is 0.220. The van der Waals surface area contributed by atoms with Crippen LogP contribution >= 0.6 is 11.3 Å². The molecule has 0 bridgehead atoms. The third-order valence-corrected chi connectivity index (χ3v) is 4.79. The van der Waals surface area contributed by atoms with E-state index in [-0.39, 0.29) is 10.8 Å². The zero-order valence-corrected chi connectivity index (χ0v) is 13.8. The third kappa shape index (κ3) is 3.05. The number of aromatic amines is 1. The van der Waals surface area contributed by atoms with Crippen LogP contribution in [0.4, 0.5) is 0 Å². The minimum atomic E-state index is -0.702. The number of nitrogens with zero attached hydrogens (tertiary/aromatic N) is 1. The van der Waals surface area contributed by atoms with Crippen molar-refractivity contribution in [2.24, 2.45) is 4.99 Å². The van der Waals surface area contributed by atoms with Gasteiger partial charge in [-0.3, -0.25) is 9.78 Å². The standard InChI is InChI=1S/C19H14N2O3S/c22-17(11-4-2-1-3-5-11)12-6-7-15-13(8-12)9-14(20-15)10-16-18(23)21-19(24)25-16/h1-10,17,22-23H,(H,21,24). The molecule has 4 rings (SSSR count). The topological polar surface area (TPSA) is 85.7 Å². The molecule has 0 radical (unpaired) electrons. The van der Waals surface area contributed by atoms with E-state index in [9.17, 15) is 15.0 Å². The van der Waals surface area contributed by atoms with Crippen molar-refractivity contribution in [1.82, 2.24) is 4.98 Å². The number of aromatic nitrogens is 1. The van der Waals surface area contributed by atoms with Crippen molar-refractivity contribution in [2.75, 3.05) is 0 Å². The molecule has 1 atom stereocenters. The molecule has 0 saturated carbocycles. The second-order valence-corrected chi connectivity index (χ2v) is 6.70. The van der Waals surface area contributed by atoms with Gasteiger partial charge in [0.15, 0.2) is 0 Å². The van der Waals surface area contributed by atoms with E-state index in [1.807, 2.05) is 54.6 Å². The van der Waals surface area contributed by atoms with Gasteiger partial charge in [0.05, 0.1) is 15.9 Å². The van der Waals surface area contributed by atoms with Crippen LogP contribution < -0.4 is 15.4 Å². The van der Waals surface area contributed by atoms with Crippen molar-refractivity contribution in [3.05, 3.63) is 90.5 Å². The van der Waals surface area contributed by atoms with Gasteiger partial charge < -0.3 is 10.2 Å². The maximum atomic E-state index is 11.3. The Bertz CT molecular complexity index is 1140. The number of fused-ring (bicyclic) bond motifs is 1. The van der Waals surface area contributed by atoms with Crippen LogP contribution in [0, 0.1) is 0 Å². The van der Waals surface area contributed by atoms with Crippen molar-refractivity contribution in [3.63, 3.8) is 0 Å². The first-order valence-electron chi connectivity index (χ1n) is 7.67. The van der Waals surface area contributed by atoms with Crippen molar-refractivity contribution in [2.45, 2.75) is 6.10 Å². The zero-order valence-electron chi connectivity index (χ0n) is 13.0. The number of allylic oxidation sites excluding steroid dienone is 1. The highest BCUT2D eigenvalue weighted by molar-refractivity contribution is 7.10. The molecule has 3 aromatic rings. The molecule has 1 aliphatic heterocycles. The fraction of sp³-hybridized carbons (Fsp3) is 0.0526. The number of nitrogens with one attached hydrogen (secondary N) is 1. The molecule has 1 aromatic heterocycles. The average Bonchev–Trinajstić information content (AvgIpc) is 3.16. The summed E-state index contributed by atoms with van der Waals surface area (Å²) in [7, 11) is 0. The number of rotatable bonds is 3. The maximum Gasteiger partial charge on any atom is 0.307 e. The molecule has 5 nitrogen and oxygen atoms in total. The van der Waals surface area contributed by atoms with Gasteiger partial charge >= 0.3 is 4.87 Å². The average molecular weight is 350 g/mol. The smallest absolute Gasteiger partial charge is 0.307 e. The Balaban J connectivity index is 1.71. The Kier molecular flexibility index (Phi) is 3.83. The number of hydrogen-bond acceptors (Lipinski definition) is 5. The quantitative estimate of drug-likeness (QED) is 0.672. The van der Waals surface area contributed by atoms with E-state index >= 15 is 0 Å². The summed E-state index contributed by atoms with van der Waals surface area (Å²) in [4.78, 5) is 18.2. The number of aromatic hydroxyl groups is 1. The summed E-state index contributed by atoms with van der Waals surface area (Å²) in [6.07, 6.45) is 2.82. The third-order valence-electron chi connectivity index (χ3n) is 3.97. The van der Waals surface area contributed by atoms with Gasteiger partial charge in [-0.15, -0.1) is 0 Å². The summed E-state index contributed by atoms with van der Waals surface area (Å²) >= 11 is 0.928. The van der Waals surface area contributed by atoms with Crippen molar-refractivity contribution in [1.29, 1.82) is 0 Å². The lowest BCUT2D eigenvalue weighted by Crippen LogP contribution is -2.22. The Morgan fingerprint density at radius 1 is 1.12 bits per heavy atom. The van der Waals surface area contributed by atoms with E-state index in [4.69, 9.17) is 0 Å². The molecule has 2 aromatic carbocycles. The number of thiazole rings is 1. The molecule has 0 saturated heterocycles. The van der Waals surface area contributed by atoms with Crippen molar-refractivity contribution >= 4 is 23.5 Å². The molecule has 1 unspecified atom stereocenters. The van der Waals surface area contributed by atoms with Gasteiger partial charge in [-0.25, -0.2) is 4.99 Å². The number of benzene rings is 2. The van der Waals surface area contributed by atoms with Crippen molar-refractivity contribution < 1.29 is 10.2 Å². The fourth-order valence-electron chi connectivity index (χ4n) is 2.76. The summed E-state index contributed by atoms with van der Waals surface area (Å²) in [6, 6.07) is 15.1. The molecule has 124 valence electrons. The molecular formula is C19H14N2O3S. The van der Waals surface area contributed by atoms with Crippen LogP contribution in [0.1, 0.15) is 22.1 Å². The first-order valence-corrected chi connectivity index (χ1v) is 8.49. The highest BCUT2D eigenvalue weighted by Crippen LogP contribution is 2.22. The minimum absolute atomic E-state index is 0.151. The Morgan fingerprint density at radius 3 is 2.64 bits per heavy atom. The van der Waals surface area contributed by atoms with Crippen LogP contribution in [0.25, 0.3) is 12.2 Å². The van der Waals surface area contributed by atoms with E-state index in [2.05, 4.69) is 9.98 Å². The number of hydrogen-bond donors (Lipinski definition) is 3. The van der Waals surface area contributed by atoms with Crippen LogP contribution in [-0.4, -0.2) is 15.2 Å². The molecule has 3 N–H and O–H groups in total. The monoisotopic (exact) mass is 350 g/mol. The Labute approximate surface area is 146 Å². The molecule has 0 spiro atoms. The summed E-state index contributed by atoms with van der Waals surface area (Å²) < 4.78 is 0. The van der Waals surface area contributed by atoms with Crippen LogP contribution in [0.5, 0.6) is 5.88 Å². The number of H-pyrrole nitrogens is 1. The Hall–Kier alpha value is -2.96. The molecule has 25 heavy (non-hydrogen) atoms. The summed E-state index contributed by atoms with van der Waals surface area (Å²) in [5, 5.41) is 21.9. The van der Waals surface area contributed by atoms with E-state index in [1.54, 1.807) is 6.08 Å². The van der Waals surface area contributed by atoms with E-state index in [1.165, 1.54) is 0 Å². The SMILES string of the molecule is O=c1[nH]c(O)c(C=C2C=c3cc(C(O)c4ccccc4)ccc3=N2)s1. The van der Waals surface area contributed by atoms with E-state index in [0.29, 0.717) is 10.6 Å². The number of aliphatic hydroxyl groups excluding tert-OH is 1. The van der Waals surface area contributed by atoms with Gasteiger partial charge in [-0.05, 0) is 35.4 Å². The van der Waals surface area contributed by atoms with Gasteiger partial charge in [0.1, 0.15) is 6.10 Å². The van der Waals surface area contributed by atoms with E-state index in [0.717, 1.165) is 33.0 Å². The van der Waals surface area contributed by atoms with Gasteiger partial charge in [-0.2, -0.15) is 0 Å². The predicted molar refractivity (Wildman–Crippen MR) is 96.8 cm³/mol. The number of aliphatic hydroxyl groups is 1.